The van der Waals surface area contributed by atoms with E-state index in [9.17, 15) is 4.79 Å². The Kier molecular flexibility index (Phi) is 3.26. The molecular formula is C14H13NO2S2. The summed E-state index contributed by atoms with van der Waals surface area (Å²) in [6, 6.07) is 8.25. The molecule has 3 nitrogen and oxygen atoms in total. The number of likely N-dealkylation sites (N-methyl/N-ethyl adjacent to an activating group) is 1. The van der Waals surface area contributed by atoms with Crippen LogP contribution < -0.4 is 4.90 Å². The van der Waals surface area contributed by atoms with Gasteiger partial charge in [0.25, 0.3) is 0 Å². The van der Waals surface area contributed by atoms with Crippen LogP contribution in [0.15, 0.2) is 24.3 Å². The Balaban J connectivity index is 2.11. The van der Waals surface area contributed by atoms with E-state index in [1.807, 2.05) is 18.0 Å². The van der Waals surface area contributed by atoms with Crippen LogP contribution in [0.25, 0.3) is 19.5 Å². The summed E-state index contributed by atoms with van der Waals surface area (Å²) in [5, 5.41) is 10.2. The predicted octanol–water partition coefficient (Wildman–Crippen LogP) is 3.36. The van der Waals surface area contributed by atoms with E-state index >= 15 is 0 Å². The van der Waals surface area contributed by atoms with Crippen LogP contribution in [-0.4, -0.2) is 31.6 Å². The SMILES string of the molecule is CN(CCO)c1ccc2c(c1)sc1cc(C=O)sc12. The zero-order valence-electron chi connectivity index (χ0n) is 10.4. The van der Waals surface area contributed by atoms with Gasteiger partial charge in [-0.1, -0.05) is 6.07 Å². The molecule has 0 saturated heterocycles. The topological polar surface area (TPSA) is 40.5 Å². The van der Waals surface area contributed by atoms with Gasteiger partial charge in [0.05, 0.1) is 16.2 Å². The average Bonchev–Trinajstić information content (AvgIpc) is 2.94. The Morgan fingerprint density at radius 2 is 2.11 bits per heavy atom. The summed E-state index contributed by atoms with van der Waals surface area (Å²) in [5.74, 6) is 0. The van der Waals surface area contributed by atoms with Crippen molar-refractivity contribution in [3.05, 3.63) is 29.1 Å². The molecule has 1 aromatic carbocycles. The molecule has 1 N–H and O–H groups in total. The fraction of sp³-hybridized carbons (Fsp3) is 0.214. The smallest absolute Gasteiger partial charge is 0.160 e. The second-order valence-electron chi connectivity index (χ2n) is 4.39. The number of anilines is 1. The highest BCUT2D eigenvalue weighted by Crippen LogP contribution is 2.40. The maximum absolute atomic E-state index is 10.8. The lowest BCUT2D eigenvalue weighted by molar-refractivity contribution is 0.112. The molecule has 5 heteroatoms. The highest BCUT2D eigenvalue weighted by molar-refractivity contribution is 7.33. The molecule has 0 atom stereocenters. The molecule has 0 spiro atoms. The highest BCUT2D eigenvalue weighted by atomic mass is 32.1. The van der Waals surface area contributed by atoms with Crippen LogP contribution in [0, 0.1) is 0 Å². The van der Waals surface area contributed by atoms with E-state index in [1.165, 1.54) is 19.5 Å². The summed E-state index contributed by atoms with van der Waals surface area (Å²) in [7, 11) is 1.97. The first kappa shape index (κ1) is 12.6. The molecule has 19 heavy (non-hydrogen) atoms. The van der Waals surface area contributed by atoms with Crippen molar-refractivity contribution in [3.63, 3.8) is 0 Å². The van der Waals surface area contributed by atoms with Crippen molar-refractivity contribution < 1.29 is 9.90 Å². The summed E-state index contributed by atoms with van der Waals surface area (Å²) in [6.07, 6.45) is 0.909. The summed E-state index contributed by atoms with van der Waals surface area (Å²) < 4.78 is 3.59. The Labute approximate surface area is 118 Å². The van der Waals surface area contributed by atoms with Crippen LogP contribution in [0.4, 0.5) is 5.69 Å². The molecule has 0 fully saturated rings. The molecule has 3 rings (SSSR count). The van der Waals surface area contributed by atoms with Gasteiger partial charge in [-0.05, 0) is 18.2 Å². The molecule has 0 aliphatic rings. The van der Waals surface area contributed by atoms with E-state index < -0.39 is 0 Å². The lowest BCUT2D eigenvalue weighted by atomic mass is 10.2. The third kappa shape index (κ3) is 2.14. The number of rotatable bonds is 4. The molecule has 0 radical (unpaired) electrons. The Morgan fingerprint density at radius 3 is 2.84 bits per heavy atom. The van der Waals surface area contributed by atoms with E-state index in [1.54, 1.807) is 22.7 Å². The minimum Gasteiger partial charge on any atom is -0.395 e. The van der Waals surface area contributed by atoms with E-state index in [0.29, 0.717) is 6.54 Å². The standard InChI is InChI=1S/C14H13NO2S2/c1-15(4-5-16)9-2-3-11-12(6-9)19-13-7-10(8-17)18-14(11)13/h2-3,6-8,16H,4-5H2,1H3. The number of benzene rings is 1. The van der Waals surface area contributed by atoms with Gasteiger partial charge in [-0.15, -0.1) is 22.7 Å². The average molecular weight is 291 g/mol. The Morgan fingerprint density at radius 1 is 1.26 bits per heavy atom. The second kappa shape index (κ2) is 4.92. The number of aldehydes is 1. The van der Waals surface area contributed by atoms with Gasteiger partial charge in [0.1, 0.15) is 0 Å². The number of carbonyl (C=O) groups excluding carboxylic acids is 1. The van der Waals surface area contributed by atoms with E-state index in [-0.39, 0.29) is 6.61 Å². The molecular weight excluding hydrogens is 278 g/mol. The first-order valence-corrected chi connectivity index (χ1v) is 7.59. The molecule has 3 aromatic rings. The quantitative estimate of drug-likeness (QED) is 0.749. The van der Waals surface area contributed by atoms with E-state index in [2.05, 4.69) is 18.2 Å². The van der Waals surface area contributed by atoms with Crippen molar-refractivity contribution in [2.45, 2.75) is 0 Å². The van der Waals surface area contributed by atoms with E-state index in [0.717, 1.165) is 16.9 Å². The highest BCUT2D eigenvalue weighted by Gasteiger charge is 2.10. The minimum absolute atomic E-state index is 0.150. The van der Waals surface area contributed by atoms with Crippen molar-refractivity contribution in [2.75, 3.05) is 25.1 Å². The van der Waals surface area contributed by atoms with Crippen LogP contribution in [0.5, 0.6) is 0 Å². The van der Waals surface area contributed by atoms with Crippen LogP contribution in [0.1, 0.15) is 9.67 Å². The van der Waals surface area contributed by atoms with Gasteiger partial charge in [0.2, 0.25) is 0 Å². The number of aliphatic hydroxyl groups is 1. The largest absolute Gasteiger partial charge is 0.395 e. The first-order chi connectivity index (χ1) is 9.22. The predicted molar refractivity (Wildman–Crippen MR) is 83.0 cm³/mol. The van der Waals surface area contributed by atoms with Gasteiger partial charge in [-0.3, -0.25) is 4.79 Å². The fourth-order valence-corrected chi connectivity index (χ4v) is 4.51. The summed E-state index contributed by atoms with van der Waals surface area (Å²) >= 11 is 3.26. The summed E-state index contributed by atoms with van der Waals surface area (Å²) in [6.45, 7) is 0.775. The number of hydrogen-bond donors (Lipinski definition) is 1. The van der Waals surface area contributed by atoms with Crippen molar-refractivity contribution in [3.8, 4) is 0 Å². The zero-order valence-corrected chi connectivity index (χ0v) is 12.1. The van der Waals surface area contributed by atoms with Crippen LogP contribution in [0.3, 0.4) is 0 Å². The Bertz CT molecular complexity index is 744. The van der Waals surface area contributed by atoms with Gasteiger partial charge < -0.3 is 10.0 Å². The van der Waals surface area contributed by atoms with Crippen molar-refractivity contribution in [1.82, 2.24) is 0 Å². The maximum Gasteiger partial charge on any atom is 0.160 e. The van der Waals surface area contributed by atoms with Gasteiger partial charge >= 0.3 is 0 Å². The molecule has 2 aromatic heterocycles. The number of carbonyl (C=O) groups is 1. The van der Waals surface area contributed by atoms with Gasteiger partial charge in [0.15, 0.2) is 6.29 Å². The third-order valence-corrected chi connectivity index (χ3v) is 5.46. The summed E-state index contributed by atoms with van der Waals surface area (Å²) in [4.78, 5) is 13.6. The maximum atomic E-state index is 10.8. The molecule has 0 saturated carbocycles. The number of aliphatic hydroxyl groups excluding tert-OH is 1. The molecule has 2 heterocycles. The number of thiophene rings is 2. The zero-order chi connectivity index (χ0) is 13.4. The molecule has 98 valence electrons. The summed E-state index contributed by atoms with van der Waals surface area (Å²) in [5.41, 5.74) is 1.10. The van der Waals surface area contributed by atoms with Gasteiger partial charge in [-0.25, -0.2) is 0 Å². The van der Waals surface area contributed by atoms with Crippen LogP contribution >= 0.6 is 22.7 Å². The molecule has 0 amide bonds. The number of hydrogen-bond acceptors (Lipinski definition) is 5. The second-order valence-corrected chi connectivity index (χ2v) is 6.56. The normalized spacial score (nSPS) is 11.3. The molecule has 0 aliphatic carbocycles. The van der Waals surface area contributed by atoms with Crippen LogP contribution in [-0.2, 0) is 0 Å². The fourth-order valence-electron chi connectivity index (χ4n) is 2.13. The monoisotopic (exact) mass is 291 g/mol. The number of fused-ring (bicyclic) bond motifs is 3. The minimum atomic E-state index is 0.150. The number of nitrogens with zero attached hydrogens (tertiary/aromatic N) is 1. The van der Waals surface area contributed by atoms with Gasteiger partial charge in [0, 0.05) is 34.1 Å². The van der Waals surface area contributed by atoms with Gasteiger partial charge in [-0.2, -0.15) is 0 Å². The lowest BCUT2D eigenvalue weighted by Gasteiger charge is -2.17. The Hall–Kier alpha value is -1.43. The third-order valence-electron chi connectivity index (χ3n) is 3.14. The first-order valence-electron chi connectivity index (χ1n) is 5.96. The van der Waals surface area contributed by atoms with E-state index in [4.69, 9.17) is 5.11 Å². The van der Waals surface area contributed by atoms with Crippen molar-refractivity contribution in [2.24, 2.45) is 0 Å². The lowest BCUT2D eigenvalue weighted by Crippen LogP contribution is -2.20. The molecule has 0 aliphatic heterocycles. The van der Waals surface area contributed by atoms with Crippen molar-refractivity contribution in [1.29, 1.82) is 0 Å². The molecule has 0 unspecified atom stereocenters. The van der Waals surface area contributed by atoms with Crippen molar-refractivity contribution >= 4 is 54.1 Å². The molecule has 0 bridgehead atoms. The van der Waals surface area contributed by atoms with Crippen LogP contribution in [0.2, 0.25) is 0 Å².